The van der Waals surface area contributed by atoms with Crippen LogP contribution in [0.4, 0.5) is 0 Å². The lowest BCUT2D eigenvalue weighted by Crippen LogP contribution is -2.53. The van der Waals surface area contributed by atoms with Gasteiger partial charge in [0.05, 0.1) is 34.2 Å². The van der Waals surface area contributed by atoms with Crippen molar-refractivity contribution in [1.29, 1.82) is 0 Å². The summed E-state index contributed by atoms with van der Waals surface area (Å²) in [7, 11) is -4.12. The number of halogens is 1. The minimum Gasteiger partial charge on any atom is -0.478 e. The fraction of sp³-hybridized carbons (Fsp3) is 0.417. The molecule has 7 nitrogen and oxygen atoms in total. The SMILES string of the molecule is CCC(CO)(CO)NS(=O)(=O)c1ccc(Cl)c(C(=O)O)c1. The molecule has 0 atom stereocenters. The van der Waals surface area contributed by atoms with Gasteiger partial charge >= 0.3 is 5.97 Å². The van der Waals surface area contributed by atoms with Gasteiger partial charge in [0.25, 0.3) is 0 Å². The Bertz CT molecular complexity index is 618. The molecule has 0 heterocycles. The monoisotopic (exact) mass is 337 g/mol. The Kier molecular flexibility index (Phi) is 5.71. The van der Waals surface area contributed by atoms with Crippen molar-refractivity contribution in [2.45, 2.75) is 23.8 Å². The first-order valence-corrected chi connectivity index (χ1v) is 7.86. The molecule has 0 unspecified atom stereocenters. The average molecular weight is 338 g/mol. The first kappa shape index (κ1) is 17.9. The van der Waals surface area contributed by atoms with E-state index < -0.39 is 34.7 Å². The van der Waals surface area contributed by atoms with Gasteiger partial charge in [-0.3, -0.25) is 0 Å². The molecule has 4 N–H and O–H groups in total. The molecule has 1 aromatic rings. The predicted molar refractivity (Wildman–Crippen MR) is 75.9 cm³/mol. The van der Waals surface area contributed by atoms with Crippen molar-refractivity contribution >= 4 is 27.6 Å². The van der Waals surface area contributed by atoms with Crippen LogP contribution >= 0.6 is 11.6 Å². The first-order valence-electron chi connectivity index (χ1n) is 6.00. The molecule has 0 saturated heterocycles. The summed E-state index contributed by atoms with van der Waals surface area (Å²) in [5, 5.41) is 27.4. The van der Waals surface area contributed by atoms with E-state index in [2.05, 4.69) is 4.72 Å². The van der Waals surface area contributed by atoms with Gasteiger partial charge in [0.1, 0.15) is 0 Å². The number of benzene rings is 1. The maximum absolute atomic E-state index is 12.2. The third-order valence-corrected chi connectivity index (χ3v) is 5.02. The summed E-state index contributed by atoms with van der Waals surface area (Å²) in [6.07, 6.45) is 0.151. The smallest absolute Gasteiger partial charge is 0.337 e. The minimum atomic E-state index is -4.12. The van der Waals surface area contributed by atoms with Crippen LogP contribution in [0.3, 0.4) is 0 Å². The van der Waals surface area contributed by atoms with Gasteiger partial charge in [-0.05, 0) is 24.6 Å². The Balaban J connectivity index is 3.26. The number of aliphatic hydroxyl groups excluding tert-OH is 2. The van der Waals surface area contributed by atoms with Crippen molar-refractivity contribution in [1.82, 2.24) is 4.72 Å². The quantitative estimate of drug-likeness (QED) is 0.572. The standard InChI is InChI=1S/C12H16ClNO6S/c1-2-12(6-15,7-16)14-21(19,20)8-3-4-10(13)9(5-8)11(17)18/h3-5,14-16H,2,6-7H2,1H3,(H,17,18). The lowest BCUT2D eigenvalue weighted by molar-refractivity contribution is 0.0696. The molecular formula is C12H16ClNO6S. The van der Waals surface area contributed by atoms with Gasteiger partial charge in [-0.1, -0.05) is 18.5 Å². The Morgan fingerprint density at radius 3 is 2.33 bits per heavy atom. The summed E-state index contributed by atoms with van der Waals surface area (Å²) in [6, 6.07) is 3.22. The highest BCUT2D eigenvalue weighted by atomic mass is 35.5. The van der Waals surface area contributed by atoms with Crippen LogP contribution in [0.15, 0.2) is 23.1 Å². The second-order valence-corrected chi connectivity index (χ2v) is 6.59. The Hall–Kier alpha value is -1.19. The van der Waals surface area contributed by atoms with Gasteiger partial charge in [0.15, 0.2) is 0 Å². The fourth-order valence-electron chi connectivity index (χ4n) is 1.59. The van der Waals surface area contributed by atoms with Gasteiger partial charge < -0.3 is 15.3 Å². The van der Waals surface area contributed by atoms with Crippen molar-refractivity contribution < 1.29 is 28.5 Å². The van der Waals surface area contributed by atoms with Crippen LogP contribution in [0, 0.1) is 0 Å². The summed E-state index contributed by atoms with van der Waals surface area (Å²) in [5.74, 6) is -1.36. The lowest BCUT2D eigenvalue weighted by Gasteiger charge is -2.29. The second-order valence-electron chi connectivity index (χ2n) is 4.50. The van der Waals surface area contributed by atoms with E-state index in [-0.39, 0.29) is 21.9 Å². The molecule has 0 fully saturated rings. The molecule has 0 aromatic heterocycles. The van der Waals surface area contributed by atoms with Crippen molar-refractivity contribution in [3.8, 4) is 0 Å². The molecule has 0 bridgehead atoms. The molecular weight excluding hydrogens is 322 g/mol. The van der Waals surface area contributed by atoms with E-state index in [1.807, 2.05) is 0 Å². The highest BCUT2D eigenvalue weighted by Crippen LogP contribution is 2.22. The molecule has 9 heteroatoms. The van der Waals surface area contributed by atoms with Crippen LogP contribution in [-0.4, -0.2) is 48.5 Å². The Morgan fingerprint density at radius 1 is 1.33 bits per heavy atom. The number of hydrogen-bond donors (Lipinski definition) is 4. The minimum absolute atomic E-state index is 0.0903. The average Bonchev–Trinajstić information content (AvgIpc) is 2.44. The van der Waals surface area contributed by atoms with Crippen LogP contribution in [-0.2, 0) is 10.0 Å². The molecule has 1 rings (SSSR count). The number of rotatable bonds is 7. The highest BCUT2D eigenvalue weighted by Gasteiger charge is 2.33. The zero-order chi connectivity index (χ0) is 16.3. The molecule has 118 valence electrons. The summed E-state index contributed by atoms with van der Waals surface area (Å²) < 4.78 is 26.7. The van der Waals surface area contributed by atoms with E-state index in [1.165, 1.54) is 0 Å². The number of hydrogen-bond acceptors (Lipinski definition) is 5. The predicted octanol–water partition coefficient (Wildman–Crippen LogP) is 0.450. The number of aliphatic hydroxyl groups is 2. The molecule has 1 aromatic carbocycles. The van der Waals surface area contributed by atoms with Gasteiger partial charge in [0, 0.05) is 0 Å². The van der Waals surface area contributed by atoms with Gasteiger partial charge in [-0.25, -0.2) is 17.9 Å². The van der Waals surface area contributed by atoms with Crippen LogP contribution in [0.25, 0.3) is 0 Å². The highest BCUT2D eigenvalue weighted by molar-refractivity contribution is 7.89. The van der Waals surface area contributed by atoms with Crippen molar-refractivity contribution in [3.05, 3.63) is 28.8 Å². The third kappa shape index (κ3) is 3.92. The summed E-state index contributed by atoms with van der Waals surface area (Å²) in [4.78, 5) is 10.7. The normalized spacial score (nSPS) is 12.4. The maximum Gasteiger partial charge on any atom is 0.337 e. The maximum atomic E-state index is 12.2. The number of aromatic carboxylic acids is 1. The zero-order valence-electron chi connectivity index (χ0n) is 11.2. The van der Waals surface area contributed by atoms with Gasteiger partial charge in [0.2, 0.25) is 10.0 Å². The van der Waals surface area contributed by atoms with Crippen molar-refractivity contribution in [3.63, 3.8) is 0 Å². The fourth-order valence-corrected chi connectivity index (χ4v) is 3.27. The van der Waals surface area contributed by atoms with Crippen molar-refractivity contribution in [2.24, 2.45) is 0 Å². The molecule has 0 aliphatic carbocycles. The topological polar surface area (TPSA) is 124 Å². The van der Waals surface area contributed by atoms with Crippen LogP contribution < -0.4 is 4.72 Å². The molecule has 0 aliphatic heterocycles. The van der Waals surface area contributed by atoms with E-state index in [9.17, 15) is 23.4 Å². The van der Waals surface area contributed by atoms with Crippen LogP contribution in [0.1, 0.15) is 23.7 Å². The third-order valence-electron chi connectivity index (χ3n) is 3.11. The molecule has 0 aliphatic rings. The zero-order valence-corrected chi connectivity index (χ0v) is 12.8. The summed E-state index contributed by atoms with van der Waals surface area (Å²) in [5.41, 5.74) is -1.77. The van der Waals surface area contributed by atoms with Crippen LogP contribution in [0.2, 0.25) is 5.02 Å². The second kappa shape index (κ2) is 6.71. The lowest BCUT2D eigenvalue weighted by atomic mass is 10.0. The molecule has 0 saturated carbocycles. The van der Waals surface area contributed by atoms with Crippen molar-refractivity contribution in [2.75, 3.05) is 13.2 Å². The largest absolute Gasteiger partial charge is 0.478 e. The van der Waals surface area contributed by atoms with E-state index in [4.69, 9.17) is 16.7 Å². The summed E-state index contributed by atoms with van der Waals surface area (Å²) >= 11 is 5.68. The van der Waals surface area contributed by atoms with E-state index in [1.54, 1.807) is 6.92 Å². The Morgan fingerprint density at radius 2 is 1.90 bits per heavy atom. The van der Waals surface area contributed by atoms with E-state index in [0.717, 1.165) is 18.2 Å². The molecule has 0 radical (unpaired) electrons. The number of nitrogens with one attached hydrogen (secondary N) is 1. The van der Waals surface area contributed by atoms with Gasteiger partial charge in [-0.15, -0.1) is 0 Å². The first-order chi connectivity index (χ1) is 9.71. The summed E-state index contributed by atoms with van der Waals surface area (Å²) in [6.45, 7) is 0.400. The van der Waals surface area contributed by atoms with E-state index in [0.29, 0.717) is 0 Å². The number of carboxylic acids is 1. The molecule has 21 heavy (non-hydrogen) atoms. The number of carbonyl (C=O) groups is 1. The molecule has 0 spiro atoms. The van der Waals surface area contributed by atoms with Gasteiger partial charge in [-0.2, -0.15) is 0 Å². The van der Waals surface area contributed by atoms with E-state index >= 15 is 0 Å². The Labute approximate surface area is 127 Å². The number of sulfonamides is 1. The molecule has 0 amide bonds. The van der Waals surface area contributed by atoms with Crippen LogP contribution in [0.5, 0.6) is 0 Å². The number of carboxylic acid groups (broad SMARTS) is 1.